The van der Waals surface area contributed by atoms with E-state index in [1.54, 1.807) is 37.1 Å². The molecule has 0 aromatic heterocycles. The van der Waals surface area contributed by atoms with Gasteiger partial charge in [-0.2, -0.15) is 0 Å². The summed E-state index contributed by atoms with van der Waals surface area (Å²) in [6.45, 7) is 4.38. The number of hydrogen-bond acceptors (Lipinski definition) is 3. The fraction of sp³-hybridized carbons (Fsp3) is 0.417. The monoisotopic (exact) mass is 255 g/mol. The number of nitrogen functional groups attached to an aromatic ring is 1. The largest absolute Gasteiger partial charge is 0.397 e. The molecule has 0 heterocycles. The third-order valence-corrected chi connectivity index (χ3v) is 2.94. The van der Waals surface area contributed by atoms with Crippen molar-refractivity contribution in [3.05, 3.63) is 23.2 Å². The van der Waals surface area contributed by atoms with Gasteiger partial charge in [0.15, 0.2) is 0 Å². The Bertz CT molecular complexity index is 388. The molecule has 0 spiro atoms. The summed E-state index contributed by atoms with van der Waals surface area (Å²) in [7, 11) is 1.76. The summed E-state index contributed by atoms with van der Waals surface area (Å²) < 4.78 is 0. The van der Waals surface area contributed by atoms with Gasteiger partial charge < -0.3 is 16.0 Å². The molecular weight excluding hydrogens is 238 g/mol. The Morgan fingerprint density at radius 3 is 2.76 bits per heavy atom. The summed E-state index contributed by atoms with van der Waals surface area (Å²) in [6, 6.07) is 4.89. The number of hydrogen-bond donors (Lipinski definition) is 2. The zero-order valence-electron chi connectivity index (χ0n) is 10.3. The fourth-order valence-electron chi connectivity index (χ4n) is 1.46. The highest BCUT2D eigenvalue weighted by atomic mass is 35.5. The Morgan fingerprint density at radius 1 is 1.59 bits per heavy atom. The maximum Gasteiger partial charge on any atom is 0.244 e. The van der Waals surface area contributed by atoms with E-state index in [1.807, 2.05) is 6.92 Å². The Hall–Kier alpha value is -1.42. The van der Waals surface area contributed by atoms with Crippen LogP contribution in [0.2, 0.25) is 5.02 Å². The molecule has 4 nitrogen and oxygen atoms in total. The minimum atomic E-state index is -0.359. The van der Waals surface area contributed by atoms with Gasteiger partial charge >= 0.3 is 0 Å². The van der Waals surface area contributed by atoms with Crippen LogP contribution in [0, 0.1) is 0 Å². The number of amides is 1. The predicted molar refractivity (Wildman–Crippen MR) is 72.3 cm³/mol. The summed E-state index contributed by atoms with van der Waals surface area (Å²) >= 11 is 6.02. The van der Waals surface area contributed by atoms with Crippen molar-refractivity contribution in [1.82, 2.24) is 4.90 Å². The number of nitrogens with zero attached hydrogens (tertiary/aromatic N) is 1. The SMILES string of the molecule is CCN(C)C(=O)C(C)Nc1c(N)cccc1Cl. The molecule has 0 aliphatic carbocycles. The number of nitrogens with two attached hydrogens (primary N) is 1. The second kappa shape index (κ2) is 5.77. The van der Waals surface area contributed by atoms with Gasteiger partial charge in [-0.3, -0.25) is 4.79 Å². The number of likely N-dealkylation sites (N-methyl/N-ethyl adjacent to an activating group) is 1. The number of halogens is 1. The maximum absolute atomic E-state index is 11.9. The van der Waals surface area contributed by atoms with Gasteiger partial charge in [-0.25, -0.2) is 0 Å². The van der Waals surface area contributed by atoms with Gasteiger partial charge in [0, 0.05) is 13.6 Å². The van der Waals surface area contributed by atoms with Crippen LogP contribution >= 0.6 is 11.6 Å². The van der Waals surface area contributed by atoms with Crippen molar-refractivity contribution in [1.29, 1.82) is 0 Å². The van der Waals surface area contributed by atoms with Gasteiger partial charge in [0.1, 0.15) is 6.04 Å². The topological polar surface area (TPSA) is 58.4 Å². The zero-order valence-corrected chi connectivity index (χ0v) is 11.1. The number of para-hydroxylation sites is 1. The lowest BCUT2D eigenvalue weighted by Crippen LogP contribution is -2.39. The molecule has 1 amide bonds. The van der Waals surface area contributed by atoms with Crippen LogP contribution in [-0.2, 0) is 4.79 Å². The third-order valence-electron chi connectivity index (χ3n) is 2.63. The first-order valence-corrected chi connectivity index (χ1v) is 5.90. The van der Waals surface area contributed by atoms with E-state index in [1.165, 1.54) is 0 Å². The third kappa shape index (κ3) is 3.27. The van der Waals surface area contributed by atoms with Crippen LogP contribution in [0.5, 0.6) is 0 Å². The van der Waals surface area contributed by atoms with Crippen LogP contribution in [0.3, 0.4) is 0 Å². The summed E-state index contributed by atoms with van der Waals surface area (Å²) in [5.74, 6) is 0.00631. The smallest absolute Gasteiger partial charge is 0.244 e. The zero-order chi connectivity index (χ0) is 13.0. The molecule has 0 bridgehead atoms. The van der Waals surface area contributed by atoms with Gasteiger partial charge in [0.25, 0.3) is 0 Å². The molecular formula is C12H18ClN3O. The standard InChI is InChI=1S/C12H18ClN3O/c1-4-16(3)12(17)8(2)15-11-9(13)6-5-7-10(11)14/h5-8,15H,4,14H2,1-3H3. The average molecular weight is 256 g/mol. The van der Waals surface area contributed by atoms with Crippen LogP contribution in [-0.4, -0.2) is 30.4 Å². The van der Waals surface area contributed by atoms with E-state index in [-0.39, 0.29) is 11.9 Å². The van der Waals surface area contributed by atoms with Gasteiger partial charge in [0.2, 0.25) is 5.91 Å². The molecule has 0 aliphatic heterocycles. The highest BCUT2D eigenvalue weighted by Gasteiger charge is 2.17. The van der Waals surface area contributed by atoms with Crippen molar-refractivity contribution in [2.24, 2.45) is 0 Å². The van der Waals surface area contributed by atoms with Gasteiger partial charge in [-0.1, -0.05) is 17.7 Å². The lowest BCUT2D eigenvalue weighted by atomic mass is 10.2. The van der Waals surface area contributed by atoms with E-state index in [2.05, 4.69) is 5.32 Å². The summed E-state index contributed by atoms with van der Waals surface area (Å²) in [5, 5.41) is 3.56. The minimum absolute atomic E-state index is 0.00631. The Kier molecular flexibility index (Phi) is 4.63. The number of rotatable bonds is 4. The highest BCUT2D eigenvalue weighted by Crippen LogP contribution is 2.28. The van der Waals surface area contributed by atoms with Crippen molar-refractivity contribution in [3.8, 4) is 0 Å². The molecule has 5 heteroatoms. The Labute approximate surface area is 107 Å². The molecule has 1 unspecified atom stereocenters. The molecule has 1 atom stereocenters. The average Bonchev–Trinajstić information content (AvgIpc) is 2.31. The molecule has 1 aromatic carbocycles. The highest BCUT2D eigenvalue weighted by molar-refractivity contribution is 6.34. The van der Waals surface area contributed by atoms with E-state index < -0.39 is 0 Å². The molecule has 3 N–H and O–H groups in total. The Morgan fingerprint density at radius 2 is 2.24 bits per heavy atom. The van der Waals surface area contributed by atoms with Crippen molar-refractivity contribution in [2.45, 2.75) is 19.9 Å². The van der Waals surface area contributed by atoms with E-state index in [0.29, 0.717) is 22.9 Å². The predicted octanol–water partition coefficient (Wildman–Crippen LogP) is 2.20. The number of carbonyl (C=O) groups is 1. The molecule has 1 rings (SSSR count). The lowest BCUT2D eigenvalue weighted by molar-refractivity contribution is -0.130. The van der Waals surface area contributed by atoms with Crippen molar-refractivity contribution in [3.63, 3.8) is 0 Å². The molecule has 0 saturated heterocycles. The summed E-state index contributed by atoms with van der Waals surface area (Å²) in [5.41, 5.74) is 6.96. The van der Waals surface area contributed by atoms with E-state index in [0.717, 1.165) is 0 Å². The molecule has 0 aliphatic rings. The Balaban J connectivity index is 2.81. The molecule has 0 radical (unpaired) electrons. The maximum atomic E-state index is 11.9. The molecule has 1 aromatic rings. The second-order valence-corrected chi connectivity index (χ2v) is 4.33. The van der Waals surface area contributed by atoms with Crippen molar-refractivity contribution < 1.29 is 4.79 Å². The number of nitrogens with one attached hydrogen (secondary N) is 1. The van der Waals surface area contributed by atoms with E-state index >= 15 is 0 Å². The van der Waals surface area contributed by atoms with Gasteiger partial charge in [-0.15, -0.1) is 0 Å². The number of anilines is 2. The van der Waals surface area contributed by atoms with Crippen LogP contribution in [0.4, 0.5) is 11.4 Å². The number of carbonyl (C=O) groups excluding carboxylic acids is 1. The first-order valence-electron chi connectivity index (χ1n) is 5.52. The van der Waals surface area contributed by atoms with Gasteiger partial charge in [0.05, 0.1) is 16.4 Å². The van der Waals surface area contributed by atoms with E-state index in [4.69, 9.17) is 17.3 Å². The van der Waals surface area contributed by atoms with Crippen LogP contribution < -0.4 is 11.1 Å². The fourth-order valence-corrected chi connectivity index (χ4v) is 1.69. The molecule has 0 fully saturated rings. The molecule has 17 heavy (non-hydrogen) atoms. The number of benzene rings is 1. The van der Waals surface area contributed by atoms with E-state index in [9.17, 15) is 4.79 Å². The normalized spacial score (nSPS) is 12.0. The molecule has 0 saturated carbocycles. The first kappa shape index (κ1) is 13.6. The van der Waals surface area contributed by atoms with Crippen molar-refractivity contribution in [2.75, 3.05) is 24.6 Å². The molecule has 94 valence electrons. The van der Waals surface area contributed by atoms with Gasteiger partial charge in [-0.05, 0) is 26.0 Å². The minimum Gasteiger partial charge on any atom is -0.397 e. The summed E-state index contributed by atoms with van der Waals surface area (Å²) in [6.07, 6.45) is 0. The second-order valence-electron chi connectivity index (χ2n) is 3.92. The van der Waals surface area contributed by atoms with Crippen LogP contribution in [0.15, 0.2) is 18.2 Å². The summed E-state index contributed by atoms with van der Waals surface area (Å²) in [4.78, 5) is 13.5. The quantitative estimate of drug-likeness (QED) is 0.811. The van der Waals surface area contributed by atoms with Crippen LogP contribution in [0.1, 0.15) is 13.8 Å². The first-order chi connectivity index (χ1) is 7.97. The lowest BCUT2D eigenvalue weighted by Gasteiger charge is -2.22. The van der Waals surface area contributed by atoms with Crippen molar-refractivity contribution >= 4 is 28.9 Å². The van der Waals surface area contributed by atoms with Crippen LogP contribution in [0.25, 0.3) is 0 Å².